The van der Waals surface area contributed by atoms with Gasteiger partial charge >= 0.3 is 11.9 Å². The molecule has 0 fully saturated rings. The zero-order valence-corrected chi connectivity index (χ0v) is 21.9. The predicted octanol–water partition coefficient (Wildman–Crippen LogP) is 4.63. The zero-order valence-electron chi connectivity index (χ0n) is 19.4. The normalized spacial score (nSPS) is 13.0. The summed E-state index contributed by atoms with van der Waals surface area (Å²) in [6, 6.07) is 3.12. The average Bonchev–Trinajstić information content (AvgIpc) is 3.14. The van der Waals surface area contributed by atoms with E-state index in [1.54, 1.807) is 38.6 Å². The van der Waals surface area contributed by atoms with E-state index >= 15 is 0 Å². The van der Waals surface area contributed by atoms with Gasteiger partial charge in [0.25, 0.3) is 0 Å². The van der Waals surface area contributed by atoms with Crippen LogP contribution in [0.15, 0.2) is 27.4 Å². The number of rotatable bonds is 14. The number of hydrogen-bond donors (Lipinski definition) is 1. The molecule has 1 N–H and O–H groups in total. The highest BCUT2D eigenvalue weighted by molar-refractivity contribution is 8.01. The van der Waals surface area contributed by atoms with Crippen LogP contribution in [-0.2, 0) is 24.3 Å². The molecule has 33 heavy (non-hydrogen) atoms. The van der Waals surface area contributed by atoms with E-state index in [-0.39, 0.29) is 11.5 Å². The monoisotopic (exact) mass is 516 g/mol. The van der Waals surface area contributed by atoms with Crippen molar-refractivity contribution in [3.05, 3.63) is 18.2 Å². The Balaban J connectivity index is 2.35. The summed E-state index contributed by atoms with van der Waals surface area (Å²) in [5, 5.41) is 9.71. The summed E-state index contributed by atoms with van der Waals surface area (Å²) in [7, 11) is -4.29. The van der Waals surface area contributed by atoms with Crippen molar-refractivity contribution >= 4 is 55.3 Å². The van der Waals surface area contributed by atoms with E-state index in [2.05, 4.69) is 11.9 Å². The molecule has 1 aromatic heterocycles. The van der Waals surface area contributed by atoms with Gasteiger partial charge in [0.15, 0.2) is 4.34 Å². The van der Waals surface area contributed by atoms with Gasteiger partial charge in [0.05, 0.1) is 21.7 Å². The minimum Gasteiger partial charge on any atom is -0.480 e. The number of carboxylic acid groups (broad SMARTS) is 1. The molecule has 0 saturated carbocycles. The number of nitrogens with zero attached hydrogens (tertiary/aromatic N) is 2. The van der Waals surface area contributed by atoms with E-state index in [1.165, 1.54) is 42.7 Å². The average molecular weight is 517 g/mol. The number of aliphatic carboxylic acids is 1. The molecule has 0 aliphatic rings. The molecule has 0 bridgehead atoms. The van der Waals surface area contributed by atoms with Gasteiger partial charge in [0, 0.05) is 5.75 Å². The fourth-order valence-corrected chi connectivity index (χ4v) is 7.27. The Morgan fingerprint density at radius 1 is 1.21 bits per heavy atom. The largest absolute Gasteiger partial charge is 0.480 e. The topological polar surface area (TPSA) is 114 Å². The van der Waals surface area contributed by atoms with Crippen molar-refractivity contribution in [1.82, 2.24) is 9.29 Å². The fourth-order valence-electron chi connectivity index (χ4n) is 3.34. The highest BCUT2D eigenvalue weighted by Gasteiger charge is 2.39. The third-order valence-corrected chi connectivity index (χ3v) is 9.03. The number of ether oxygens (including phenoxy) is 1. The van der Waals surface area contributed by atoms with Crippen molar-refractivity contribution < 1.29 is 27.9 Å². The van der Waals surface area contributed by atoms with Crippen molar-refractivity contribution in [2.45, 2.75) is 68.7 Å². The number of benzene rings is 1. The second-order valence-corrected chi connectivity index (χ2v) is 12.2. The summed E-state index contributed by atoms with van der Waals surface area (Å²) in [6.07, 6.45) is 4.66. The first-order valence-corrected chi connectivity index (χ1v) is 14.3. The number of carboxylic acids is 1. The number of thioether (sulfide) groups is 1. The second kappa shape index (κ2) is 12.7. The van der Waals surface area contributed by atoms with Crippen molar-refractivity contribution in [3.8, 4) is 0 Å². The summed E-state index contributed by atoms with van der Waals surface area (Å²) in [4.78, 5) is 28.5. The van der Waals surface area contributed by atoms with Gasteiger partial charge < -0.3 is 9.84 Å². The molecular weight excluding hydrogens is 484 g/mol. The first kappa shape index (κ1) is 27.6. The highest BCUT2D eigenvalue weighted by Crippen LogP contribution is 2.33. The van der Waals surface area contributed by atoms with Gasteiger partial charge in [-0.15, -0.1) is 11.3 Å². The molecule has 0 spiro atoms. The lowest BCUT2D eigenvalue weighted by Gasteiger charge is -2.29. The third-order valence-electron chi connectivity index (χ3n) is 4.96. The summed E-state index contributed by atoms with van der Waals surface area (Å²) >= 11 is 3.06. The number of carbonyl (C=O) groups excluding carboxylic acids is 1. The number of thiazole rings is 1. The maximum atomic E-state index is 13.5. The molecule has 0 aliphatic heterocycles. The second-order valence-electron chi connectivity index (χ2n) is 7.90. The van der Waals surface area contributed by atoms with E-state index in [1.807, 2.05) is 0 Å². The van der Waals surface area contributed by atoms with Gasteiger partial charge in [-0.2, -0.15) is 4.31 Å². The number of sulfonamides is 1. The lowest BCUT2D eigenvalue weighted by molar-refractivity contribution is -0.147. The molecule has 184 valence electrons. The van der Waals surface area contributed by atoms with Crippen LogP contribution >= 0.6 is 23.1 Å². The Bertz CT molecular complexity index is 1050. The fraction of sp³-hybridized carbons (Fsp3) is 0.591. The Morgan fingerprint density at radius 2 is 1.94 bits per heavy atom. The molecular formula is C22H32N2O6S3. The number of aromatic nitrogens is 1. The van der Waals surface area contributed by atoms with Crippen LogP contribution in [0.5, 0.6) is 0 Å². The van der Waals surface area contributed by atoms with Crippen LogP contribution in [0.2, 0.25) is 0 Å². The first-order valence-electron chi connectivity index (χ1n) is 11.0. The van der Waals surface area contributed by atoms with Crippen molar-refractivity contribution in [2.24, 2.45) is 5.92 Å². The highest BCUT2D eigenvalue weighted by atomic mass is 32.2. The van der Waals surface area contributed by atoms with Crippen LogP contribution in [0.4, 0.5) is 0 Å². The molecule has 0 amide bonds. The van der Waals surface area contributed by atoms with Gasteiger partial charge in [0.1, 0.15) is 12.6 Å². The Labute approximate surface area is 203 Å². The van der Waals surface area contributed by atoms with Gasteiger partial charge in [-0.25, -0.2) is 13.4 Å². The van der Waals surface area contributed by atoms with Gasteiger partial charge in [0.2, 0.25) is 10.0 Å². The number of unbranched alkanes of at least 4 members (excludes halogenated alkanes) is 3. The standard InChI is InChI=1S/C22H32N2O6S3/c1-5-7-8-9-12-31-22-23-17-11-10-16(13-18(17)32-22)33(28,29)24(14-19(25)30-6-2)20(15(3)4)21(26)27/h10-11,13,15,20H,5-9,12,14H2,1-4H3,(H,26,27)/t20-/m1/s1. The minimum atomic E-state index is -4.29. The maximum Gasteiger partial charge on any atom is 0.322 e. The van der Waals surface area contributed by atoms with Crippen LogP contribution < -0.4 is 0 Å². The predicted molar refractivity (Wildman–Crippen MR) is 131 cm³/mol. The lowest BCUT2D eigenvalue weighted by Crippen LogP contribution is -2.50. The van der Waals surface area contributed by atoms with Crippen molar-refractivity contribution in [1.29, 1.82) is 0 Å². The number of fused-ring (bicyclic) bond motifs is 1. The molecule has 2 aromatic rings. The SMILES string of the molecule is CCCCCCSc1nc2ccc(S(=O)(=O)N(CC(=O)OCC)[C@@H](C(=O)O)C(C)C)cc2s1. The molecule has 1 heterocycles. The molecule has 0 unspecified atom stereocenters. The van der Waals surface area contributed by atoms with Crippen LogP contribution in [0, 0.1) is 5.92 Å². The Morgan fingerprint density at radius 3 is 2.55 bits per heavy atom. The minimum absolute atomic E-state index is 0.0673. The molecule has 0 radical (unpaired) electrons. The number of carbonyl (C=O) groups is 2. The van der Waals surface area contributed by atoms with Gasteiger partial charge in [-0.1, -0.05) is 51.8 Å². The molecule has 2 rings (SSSR count). The molecule has 1 aromatic carbocycles. The van der Waals surface area contributed by atoms with E-state index in [0.29, 0.717) is 10.2 Å². The van der Waals surface area contributed by atoms with Gasteiger partial charge in [-0.05, 0) is 37.5 Å². The molecule has 1 atom stereocenters. The maximum absolute atomic E-state index is 13.5. The van der Waals surface area contributed by atoms with Crippen molar-refractivity contribution in [3.63, 3.8) is 0 Å². The molecule has 0 saturated heterocycles. The lowest BCUT2D eigenvalue weighted by atomic mass is 10.1. The summed E-state index contributed by atoms with van der Waals surface area (Å²) in [5.74, 6) is -1.73. The zero-order chi connectivity index (χ0) is 24.6. The van der Waals surface area contributed by atoms with Crippen LogP contribution in [-0.4, -0.2) is 59.7 Å². The van der Waals surface area contributed by atoms with E-state index in [9.17, 15) is 23.1 Å². The van der Waals surface area contributed by atoms with Crippen LogP contribution in [0.25, 0.3) is 10.2 Å². The van der Waals surface area contributed by atoms with E-state index < -0.39 is 40.5 Å². The van der Waals surface area contributed by atoms with E-state index in [4.69, 9.17) is 4.74 Å². The Kier molecular flexibility index (Phi) is 10.6. The molecule has 8 nitrogen and oxygen atoms in total. The molecule has 0 aliphatic carbocycles. The van der Waals surface area contributed by atoms with Crippen LogP contribution in [0.1, 0.15) is 53.4 Å². The van der Waals surface area contributed by atoms with Gasteiger partial charge in [-0.3, -0.25) is 9.59 Å². The summed E-state index contributed by atoms with van der Waals surface area (Å²) in [5.41, 5.74) is 0.686. The van der Waals surface area contributed by atoms with E-state index in [0.717, 1.165) is 20.8 Å². The smallest absolute Gasteiger partial charge is 0.322 e. The van der Waals surface area contributed by atoms with Crippen LogP contribution in [0.3, 0.4) is 0 Å². The first-order chi connectivity index (χ1) is 15.6. The quantitative estimate of drug-likeness (QED) is 0.220. The van der Waals surface area contributed by atoms with Crippen molar-refractivity contribution in [2.75, 3.05) is 18.9 Å². The summed E-state index contributed by atoms with van der Waals surface area (Å²) < 4.78 is 34.1. The third kappa shape index (κ3) is 7.40. The molecule has 11 heteroatoms. The number of esters is 1. The Hall–Kier alpha value is -1.69. The summed E-state index contributed by atoms with van der Waals surface area (Å²) in [6.45, 7) is 6.36. The number of hydrogen-bond acceptors (Lipinski definition) is 8.